The first-order valence-electron chi connectivity index (χ1n) is 11.9. The number of pyridine rings is 1. The number of aliphatic hydroxyl groups is 1. The number of nitrogens with zero attached hydrogens (tertiary/aromatic N) is 4. The summed E-state index contributed by atoms with van der Waals surface area (Å²) in [6, 6.07) is 1.16. The minimum absolute atomic E-state index is 0.0369. The van der Waals surface area contributed by atoms with Crippen molar-refractivity contribution in [2.24, 2.45) is 10.7 Å². The molecule has 194 valence electrons. The van der Waals surface area contributed by atoms with Crippen LogP contribution in [0.2, 0.25) is 0 Å². The average molecular weight is 609 g/mol. The van der Waals surface area contributed by atoms with Gasteiger partial charge < -0.3 is 15.6 Å². The van der Waals surface area contributed by atoms with Gasteiger partial charge in [0, 0.05) is 18.0 Å². The van der Waals surface area contributed by atoms with Crippen LogP contribution in [0.1, 0.15) is 61.9 Å². The van der Waals surface area contributed by atoms with E-state index in [1.165, 1.54) is 0 Å². The van der Waals surface area contributed by atoms with Crippen LogP contribution < -0.4 is 10.5 Å². The third kappa shape index (κ3) is 7.27. The standard InChI is InChI=1S/C26H33FIN5O3/c1-5-10-26(27,28-4)16-36-25-17(2)12-19(13-31-25)14-33-15-20-22(32-33)7-6-11-30-23(20)24(35)21(29)9-8-18(3)34/h12-13,15,18,21,34H,4-5,8-11,14,16,29H2,1-3H3/t18-,21?,26-/m1/s1. The summed E-state index contributed by atoms with van der Waals surface area (Å²) in [7, 11) is 0. The Bertz CT molecular complexity index is 1200. The van der Waals surface area contributed by atoms with Crippen LogP contribution in [-0.2, 0) is 11.3 Å². The van der Waals surface area contributed by atoms with E-state index in [2.05, 4.69) is 31.4 Å². The van der Waals surface area contributed by atoms with Gasteiger partial charge in [-0.1, -0.05) is 44.5 Å². The smallest absolute Gasteiger partial charge is 0.216 e. The number of fused-ring (bicyclic) bond motifs is 1. The molecule has 36 heavy (non-hydrogen) atoms. The van der Waals surface area contributed by atoms with Crippen LogP contribution >= 0.6 is 20.7 Å². The number of alkyl halides is 2. The Morgan fingerprint density at radius 2 is 2.25 bits per heavy atom. The molecule has 2 aromatic rings. The average Bonchev–Trinajstić information content (AvgIpc) is 3.13. The van der Waals surface area contributed by atoms with E-state index in [0.29, 0.717) is 42.9 Å². The Balaban J connectivity index is 1.74. The highest BCUT2D eigenvalue weighted by atomic mass is 127. The van der Waals surface area contributed by atoms with Gasteiger partial charge in [0.25, 0.3) is 0 Å². The Kier molecular flexibility index (Phi) is 9.87. The van der Waals surface area contributed by atoms with Crippen LogP contribution in [0.3, 0.4) is 0 Å². The summed E-state index contributed by atoms with van der Waals surface area (Å²) < 4.78 is 24.7. The molecule has 8 nitrogen and oxygen atoms in total. The molecule has 1 aliphatic rings. The van der Waals surface area contributed by atoms with E-state index in [4.69, 9.17) is 10.5 Å². The number of Topliss-reactive ketones (excluding diaryl/α,β-unsaturated/α-hetero) is 1. The molecule has 3 rings (SSSR count). The van der Waals surface area contributed by atoms with Crippen molar-refractivity contribution in [1.29, 1.82) is 0 Å². The molecule has 10 heteroatoms. The molecule has 0 saturated carbocycles. The highest BCUT2D eigenvalue weighted by molar-refractivity contribution is 14.2. The van der Waals surface area contributed by atoms with Crippen molar-refractivity contribution < 1.29 is 19.0 Å². The number of aliphatic hydroxyl groups excluding tert-OH is 1. The first-order valence-corrected chi connectivity index (χ1v) is 14.5. The molecular weight excluding hydrogens is 576 g/mol. The van der Waals surface area contributed by atoms with Crippen LogP contribution in [0.4, 0.5) is 4.39 Å². The second-order valence-corrected chi connectivity index (χ2v) is 11.6. The molecule has 0 spiro atoms. The molecule has 3 atom stereocenters. The van der Waals surface area contributed by atoms with Gasteiger partial charge in [0.2, 0.25) is 5.88 Å². The fourth-order valence-electron chi connectivity index (χ4n) is 3.80. The lowest BCUT2D eigenvalue weighted by Crippen LogP contribution is -2.37. The Morgan fingerprint density at radius 1 is 1.47 bits per heavy atom. The molecule has 3 heterocycles. The minimum atomic E-state index is -1.36. The van der Waals surface area contributed by atoms with Crippen LogP contribution in [0.25, 0.3) is 0 Å². The normalized spacial score (nSPS) is 16.0. The topological polar surface area (TPSA) is 116 Å². The molecular formula is C26H33FIN5O3. The maximum absolute atomic E-state index is 14.8. The fourth-order valence-corrected chi connectivity index (χ4v) is 5.09. The fraction of sp³-hybridized carbons (Fsp3) is 0.500. The van der Waals surface area contributed by atoms with Crippen molar-refractivity contribution in [3.8, 4) is 17.7 Å². The third-order valence-electron chi connectivity index (χ3n) is 5.71. The molecule has 0 bridgehead atoms. The van der Waals surface area contributed by atoms with E-state index in [-0.39, 0.29) is 24.6 Å². The van der Waals surface area contributed by atoms with Crippen molar-refractivity contribution in [2.75, 3.05) is 13.2 Å². The molecule has 3 N–H and O–H groups in total. The van der Waals surface area contributed by atoms with Crippen LogP contribution in [0, 0.1) is 18.8 Å². The van der Waals surface area contributed by atoms with Crippen LogP contribution in [-0.4, -0.2) is 64.9 Å². The van der Waals surface area contributed by atoms with Gasteiger partial charge in [0.1, 0.15) is 24.6 Å². The van der Waals surface area contributed by atoms with Crippen molar-refractivity contribution in [2.45, 2.75) is 68.8 Å². The van der Waals surface area contributed by atoms with Gasteiger partial charge in [0.15, 0.2) is 9.46 Å². The lowest BCUT2D eigenvalue weighted by Gasteiger charge is -2.20. The molecule has 0 aliphatic carbocycles. The zero-order valence-corrected chi connectivity index (χ0v) is 23.1. The number of aliphatic imine (C=N–C) groups is 1. The number of carbonyl (C=O) groups excluding carboxylic acids is 1. The first-order chi connectivity index (χ1) is 17.2. The summed E-state index contributed by atoms with van der Waals surface area (Å²) in [5.74, 6) is 5.98. The van der Waals surface area contributed by atoms with Gasteiger partial charge in [-0.15, -0.1) is 0 Å². The van der Waals surface area contributed by atoms with Gasteiger partial charge in [-0.25, -0.2) is 9.37 Å². The van der Waals surface area contributed by atoms with Gasteiger partial charge in [-0.05, 0) is 50.7 Å². The first kappa shape index (κ1) is 28.1. The third-order valence-corrected chi connectivity index (χ3v) is 7.93. The van der Waals surface area contributed by atoms with E-state index < -0.39 is 36.6 Å². The number of hydrogen-bond donors (Lipinski definition) is 2. The Morgan fingerprint density at radius 3 is 2.92 bits per heavy atom. The van der Waals surface area contributed by atoms with Crippen molar-refractivity contribution in [3.05, 3.63) is 40.8 Å². The lowest BCUT2D eigenvalue weighted by molar-refractivity contribution is -0.114. The monoisotopic (exact) mass is 609 g/mol. The van der Waals surface area contributed by atoms with Crippen LogP contribution in [0.15, 0.2) is 23.5 Å². The second kappa shape index (κ2) is 12.7. The number of halogens is 2. The predicted octanol–water partition coefficient (Wildman–Crippen LogP) is 3.09. The number of hydrogen-bond acceptors (Lipinski definition) is 7. The molecule has 2 aromatic heterocycles. The van der Waals surface area contributed by atoms with Gasteiger partial charge in [-0.3, -0.25) is 14.5 Å². The van der Waals surface area contributed by atoms with Crippen molar-refractivity contribution in [1.82, 2.24) is 14.8 Å². The van der Waals surface area contributed by atoms with E-state index in [0.717, 1.165) is 17.5 Å². The zero-order valence-electron chi connectivity index (χ0n) is 20.9. The molecule has 1 unspecified atom stereocenters. The number of rotatable bonds is 13. The van der Waals surface area contributed by atoms with Crippen molar-refractivity contribution >= 4 is 36.7 Å². The Hall–Kier alpha value is -2.49. The zero-order chi connectivity index (χ0) is 26.3. The quantitative estimate of drug-likeness (QED) is 0.205. The van der Waals surface area contributed by atoms with E-state index in [1.54, 1.807) is 24.0 Å². The van der Waals surface area contributed by atoms with E-state index in [1.807, 2.05) is 19.9 Å². The number of carbonyl (C=O) groups is 1. The molecule has 0 amide bonds. The van der Waals surface area contributed by atoms with Gasteiger partial charge >= 0.3 is 0 Å². The molecule has 1 aliphatic heterocycles. The molecule has 0 fully saturated rings. The van der Waals surface area contributed by atoms with E-state index in [9.17, 15) is 14.3 Å². The number of aryl methyl sites for hydroxylation is 1. The van der Waals surface area contributed by atoms with Gasteiger partial charge in [-0.2, -0.15) is 5.10 Å². The van der Waals surface area contributed by atoms with Gasteiger partial charge in [0.05, 0.1) is 24.3 Å². The maximum Gasteiger partial charge on any atom is 0.216 e. The second-order valence-electron chi connectivity index (χ2n) is 8.95. The summed E-state index contributed by atoms with van der Waals surface area (Å²) in [6.45, 7) is 6.03. The number of nitrogens with two attached hydrogens (primary N) is 1. The largest absolute Gasteiger partial charge is 0.473 e. The highest BCUT2D eigenvalue weighted by Gasteiger charge is 2.28. The van der Waals surface area contributed by atoms with Crippen molar-refractivity contribution in [3.63, 3.8) is 0 Å². The summed E-state index contributed by atoms with van der Waals surface area (Å²) >= 11 is -0.862. The lowest BCUT2D eigenvalue weighted by atomic mass is 9.98. The molecule has 0 aromatic carbocycles. The van der Waals surface area contributed by atoms with Crippen LogP contribution in [0.5, 0.6) is 5.88 Å². The number of aromatic nitrogens is 3. The SMILES string of the molecule is C=I[C@](F)(CCC)COc1ncc(Cn2cc3c(n2)C#CCN=C3C(=O)C(N)CC[C@@H](C)O)cc1C. The maximum atomic E-state index is 14.8. The molecule has 0 radical (unpaired) electrons. The summed E-state index contributed by atoms with van der Waals surface area (Å²) in [4.78, 5) is 21.7. The minimum Gasteiger partial charge on any atom is -0.473 e. The number of ketones is 1. The van der Waals surface area contributed by atoms with E-state index >= 15 is 0 Å². The summed E-state index contributed by atoms with van der Waals surface area (Å²) in [5.41, 5.74) is 9.02. The highest BCUT2D eigenvalue weighted by Crippen LogP contribution is 2.31. The predicted molar refractivity (Wildman–Crippen MR) is 148 cm³/mol. The Labute approximate surface area is 221 Å². The number of ether oxygens (including phenoxy) is 1. The summed E-state index contributed by atoms with van der Waals surface area (Å²) in [5, 5.41) is 14.1. The summed E-state index contributed by atoms with van der Waals surface area (Å²) in [6.07, 6.45) is 4.85. The molecule has 0 saturated heterocycles.